The number of halogens is 2. The summed E-state index contributed by atoms with van der Waals surface area (Å²) in [6, 6.07) is 5.80. The average molecular weight is 293 g/mol. The van der Waals surface area contributed by atoms with E-state index in [1.165, 1.54) is 5.56 Å². The molecule has 0 spiro atoms. The largest absolute Gasteiger partial charge is 0.380 e. The monoisotopic (exact) mass is 291 g/mol. The first-order valence-corrected chi connectivity index (χ1v) is 5.98. The van der Waals surface area contributed by atoms with E-state index in [1.54, 1.807) is 7.11 Å². The second-order valence-corrected chi connectivity index (χ2v) is 4.70. The summed E-state index contributed by atoms with van der Waals surface area (Å²) in [5.74, 6) is 0. The SMILES string of the molecule is COC(C)CNCc1ccc(Cl)cc1Br. The molecule has 0 aliphatic rings. The van der Waals surface area contributed by atoms with Crippen molar-refractivity contribution in [2.75, 3.05) is 13.7 Å². The van der Waals surface area contributed by atoms with Crippen LogP contribution in [0, 0.1) is 0 Å². The molecule has 0 aliphatic carbocycles. The Kier molecular flexibility index (Phi) is 5.61. The van der Waals surface area contributed by atoms with Crippen LogP contribution < -0.4 is 5.32 Å². The van der Waals surface area contributed by atoms with Crippen molar-refractivity contribution in [3.8, 4) is 0 Å². The average Bonchev–Trinajstić information content (AvgIpc) is 2.21. The van der Waals surface area contributed by atoms with E-state index in [9.17, 15) is 0 Å². The van der Waals surface area contributed by atoms with Crippen LogP contribution in [-0.4, -0.2) is 19.8 Å². The normalized spacial score (nSPS) is 12.8. The van der Waals surface area contributed by atoms with Crippen molar-refractivity contribution in [3.05, 3.63) is 33.3 Å². The lowest BCUT2D eigenvalue weighted by Crippen LogP contribution is -2.25. The number of hydrogen-bond donors (Lipinski definition) is 1. The molecule has 4 heteroatoms. The van der Waals surface area contributed by atoms with Gasteiger partial charge in [-0.15, -0.1) is 0 Å². The van der Waals surface area contributed by atoms with Crippen LogP contribution in [0.5, 0.6) is 0 Å². The predicted octanol–water partition coefficient (Wildman–Crippen LogP) is 3.23. The molecule has 1 aromatic carbocycles. The van der Waals surface area contributed by atoms with Gasteiger partial charge in [0.05, 0.1) is 6.10 Å². The maximum Gasteiger partial charge on any atom is 0.0667 e. The van der Waals surface area contributed by atoms with E-state index in [1.807, 2.05) is 25.1 Å². The summed E-state index contributed by atoms with van der Waals surface area (Å²) in [7, 11) is 1.71. The first-order chi connectivity index (χ1) is 7.13. The van der Waals surface area contributed by atoms with Crippen LogP contribution >= 0.6 is 27.5 Å². The quantitative estimate of drug-likeness (QED) is 0.900. The minimum absolute atomic E-state index is 0.232. The van der Waals surface area contributed by atoms with Gasteiger partial charge in [-0.05, 0) is 24.6 Å². The Hall–Kier alpha value is -0.0900. The molecule has 2 nitrogen and oxygen atoms in total. The van der Waals surface area contributed by atoms with E-state index in [0.29, 0.717) is 0 Å². The first kappa shape index (κ1) is 13.0. The fourth-order valence-electron chi connectivity index (χ4n) is 1.16. The summed E-state index contributed by atoms with van der Waals surface area (Å²) in [6.45, 7) is 3.68. The van der Waals surface area contributed by atoms with Crippen molar-refractivity contribution in [2.24, 2.45) is 0 Å². The second-order valence-electron chi connectivity index (χ2n) is 3.41. The smallest absolute Gasteiger partial charge is 0.0667 e. The van der Waals surface area contributed by atoms with Gasteiger partial charge in [-0.1, -0.05) is 33.6 Å². The van der Waals surface area contributed by atoms with E-state index in [2.05, 4.69) is 21.2 Å². The Morgan fingerprint density at radius 3 is 2.87 bits per heavy atom. The van der Waals surface area contributed by atoms with Gasteiger partial charge < -0.3 is 10.1 Å². The Balaban J connectivity index is 2.44. The lowest BCUT2D eigenvalue weighted by Gasteiger charge is -2.11. The van der Waals surface area contributed by atoms with Gasteiger partial charge in [-0.3, -0.25) is 0 Å². The van der Waals surface area contributed by atoms with Crippen LogP contribution in [0.1, 0.15) is 12.5 Å². The molecule has 0 heterocycles. The molecule has 1 aromatic rings. The summed E-state index contributed by atoms with van der Waals surface area (Å²) >= 11 is 9.33. The molecule has 0 saturated carbocycles. The van der Waals surface area contributed by atoms with Gasteiger partial charge in [-0.2, -0.15) is 0 Å². The van der Waals surface area contributed by atoms with Gasteiger partial charge in [0.15, 0.2) is 0 Å². The van der Waals surface area contributed by atoms with Crippen LogP contribution in [0.4, 0.5) is 0 Å². The molecule has 0 radical (unpaired) electrons. The highest BCUT2D eigenvalue weighted by Gasteiger charge is 2.02. The Labute approximate surface area is 104 Å². The maximum absolute atomic E-state index is 5.85. The zero-order chi connectivity index (χ0) is 11.3. The van der Waals surface area contributed by atoms with Crippen molar-refractivity contribution in [2.45, 2.75) is 19.6 Å². The molecule has 0 aromatic heterocycles. The summed E-state index contributed by atoms with van der Waals surface area (Å²) in [5, 5.41) is 4.06. The fraction of sp³-hybridized carbons (Fsp3) is 0.455. The molecule has 1 unspecified atom stereocenters. The molecule has 0 fully saturated rings. The lowest BCUT2D eigenvalue weighted by atomic mass is 10.2. The van der Waals surface area contributed by atoms with Gasteiger partial charge >= 0.3 is 0 Å². The Morgan fingerprint density at radius 2 is 2.27 bits per heavy atom. The molecular formula is C11H15BrClNO. The van der Waals surface area contributed by atoms with Gasteiger partial charge in [0.2, 0.25) is 0 Å². The summed E-state index contributed by atoms with van der Waals surface area (Å²) in [6.07, 6.45) is 0.232. The lowest BCUT2D eigenvalue weighted by molar-refractivity contribution is 0.117. The third-order valence-corrected chi connectivity index (χ3v) is 3.14. The molecule has 1 N–H and O–H groups in total. The zero-order valence-corrected chi connectivity index (χ0v) is 11.2. The van der Waals surface area contributed by atoms with E-state index in [4.69, 9.17) is 16.3 Å². The van der Waals surface area contributed by atoms with Crippen LogP contribution in [0.3, 0.4) is 0 Å². The number of nitrogens with one attached hydrogen (secondary N) is 1. The fourth-order valence-corrected chi connectivity index (χ4v) is 1.98. The molecule has 0 aliphatic heterocycles. The first-order valence-electron chi connectivity index (χ1n) is 4.81. The topological polar surface area (TPSA) is 21.3 Å². The maximum atomic E-state index is 5.85. The number of ether oxygens (including phenoxy) is 1. The van der Waals surface area contributed by atoms with Crippen molar-refractivity contribution in [1.29, 1.82) is 0 Å². The molecular weight excluding hydrogens is 277 g/mol. The van der Waals surface area contributed by atoms with Crippen LogP contribution in [0.2, 0.25) is 5.02 Å². The minimum Gasteiger partial charge on any atom is -0.380 e. The highest BCUT2D eigenvalue weighted by atomic mass is 79.9. The van der Waals surface area contributed by atoms with Gasteiger partial charge in [0.25, 0.3) is 0 Å². The number of hydrogen-bond acceptors (Lipinski definition) is 2. The van der Waals surface area contributed by atoms with Gasteiger partial charge in [0, 0.05) is 29.7 Å². The predicted molar refractivity (Wildman–Crippen MR) is 67.3 cm³/mol. The summed E-state index contributed by atoms with van der Waals surface area (Å²) in [4.78, 5) is 0. The molecule has 15 heavy (non-hydrogen) atoms. The summed E-state index contributed by atoms with van der Waals surface area (Å²) in [5.41, 5.74) is 1.20. The van der Waals surface area contributed by atoms with Gasteiger partial charge in [-0.25, -0.2) is 0 Å². The van der Waals surface area contributed by atoms with E-state index in [-0.39, 0.29) is 6.10 Å². The minimum atomic E-state index is 0.232. The van der Waals surface area contributed by atoms with E-state index >= 15 is 0 Å². The second kappa shape index (κ2) is 6.48. The highest BCUT2D eigenvalue weighted by molar-refractivity contribution is 9.10. The standard InChI is InChI=1S/C11H15BrClNO/c1-8(15-2)6-14-7-9-3-4-10(13)5-11(9)12/h3-5,8,14H,6-7H2,1-2H3. The van der Waals surface area contributed by atoms with Crippen molar-refractivity contribution in [1.82, 2.24) is 5.32 Å². The molecule has 0 bridgehead atoms. The third-order valence-electron chi connectivity index (χ3n) is 2.16. The number of methoxy groups -OCH3 is 1. The molecule has 0 amide bonds. The molecule has 84 valence electrons. The van der Waals surface area contributed by atoms with Crippen molar-refractivity contribution < 1.29 is 4.74 Å². The Morgan fingerprint density at radius 1 is 1.53 bits per heavy atom. The van der Waals surface area contributed by atoms with Crippen molar-refractivity contribution in [3.63, 3.8) is 0 Å². The third kappa shape index (κ3) is 4.51. The van der Waals surface area contributed by atoms with Crippen LogP contribution in [0.15, 0.2) is 22.7 Å². The molecule has 1 rings (SSSR count). The van der Waals surface area contributed by atoms with E-state index in [0.717, 1.165) is 22.6 Å². The van der Waals surface area contributed by atoms with Crippen molar-refractivity contribution >= 4 is 27.5 Å². The van der Waals surface area contributed by atoms with Gasteiger partial charge in [0.1, 0.15) is 0 Å². The summed E-state index contributed by atoms with van der Waals surface area (Å²) < 4.78 is 6.18. The molecule has 0 saturated heterocycles. The molecule has 1 atom stereocenters. The van der Waals surface area contributed by atoms with Crippen LogP contribution in [0.25, 0.3) is 0 Å². The number of rotatable bonds is 5. The number of benzene rings is 1. The Bertz CT molecular complexity index is 319. The van der Waals surface area contributed by atoms with Crippen LogP contribution in [-0.2, 0) is 11.3 Å². The highest BCUT2D eigenvalue weighted by Crippen LogP contribution is 2.21. The zero-order valence-electron chi connectivity index (χ0n) is 8.89. The van der Waals surface area contributed by atoms with E-state index < -0.39 is 0 Å².